The van der Waals surface area contributed by atoms with Gasteiger partial charge in [0.2, 0.25) is 0 Å². The van der Waals surface area contributed by atoms with E-state index in [0.29, 0.717) is 34.8 Å². The second-order valence-electron chi connectivity index (χ2n) is 9.60. The number of carbonyl (C=O) groups is 3. The minimum absolute atomic E-state index is 0.169. The topological polar surface area (TPSA) is 111 Å². The highest BCUT2D eigenvalue weighted by Crippen LogP contribution is 2.55. The lowest BCUT2D eigenvalue weighted by Gasteiger charge is -2.56. The molecule has 4 bridgehead atoms. The summed E-state index contributed by atoms with van der Waals surface area (Å²) in [6, 6.07) is 8.59. The van der Waals surface area contributed by atoms with Crippen LogP contribution in [-0.2, 0) is 9.53 Å². The molecule has 1 aromatic heterocycles. The van der Waals surface area contributed by atoms with E-state index in [-0.39, 0.29) is 11.1 Å². The molecule has 3 amide bonds. The molecular formula is C24H27N3O5. The summed E-state index contributed by atoms with van der Waals surface area (Å²) >= 11 is 0. The molecule has 2 N–H and O–H groups in total. The minimum atomic E-state index is -0.723. The number of esters is 1. The lowest BCUT2D eigenvalue weighted by Crippen LogP contribution is -2.62. The molecule has 4 saturated carbocycles. The molecule has 168 valence electrons. The molecule has 6 rings (SSSR count). The van der Waals surface area contributed by atoms with Gasteiger partial charge in [0.25, 0.3) is 5.91 Å². The summed E-state index contributed by atoms with van der Waals surface area (Å²) < 4.78 is 10.3. The Morgan fingerprint density at radius 2 is 1.69 bits per heavy atom. The molecule has 8 nitrogen and oxygen atoms in total. The standard InChI is InChI=1S/C24H27N3O5/c1-14-20(21(27-32-14)18-5-3-2-4-6-18)22(29)31-13-19(28)25-23(30)26-24-10-15-7-16(11-24)9-17(8-15)12-24/h2-6,15-17H,7-13H2,1H3,(H2,25,26,28,30). The van der Waals surface area contributed by atoms with Crippen LogP contribution in [0.1, 0.15) is 54.6 Å². The van der Waals surface area contributed by atoms with E-state index in [1.165, 1.54) is 19.3 Å². The van der Waals surface area contributed by atoms with Gasteiger partial charge in [-0.1, -0.05) is 35.5 Å². The Hall–Kier alpha value is -3.16. The van der Waals surface area contributed by atoms with E-state index in [2.05, 4.69) is 15.8 Å². The molecular weight excluding hydrogens is 410 g/mol. The maximum Gasteiger partial charge on any atom is 0.344 e. The number of aromatic nitrogens is 1. The van der Waals surface area contributed by atoms with Gasteiger partial charge >= 0.3 is 12.0 Å². The molecule has 0 saturated heterocycles. The second-order valence-corrected chi connectivity index (χ2v) is 9.60. The van der Waals surface area contributed by atoms with Crippen LogP contribution >= 0.6 is 0 Å². The number of aryl methyl sites for hydroxylation is 1. The van der Waals surface area contributed by atoms with E-state index >= 15 is 0 Å². The highest BCUT2D eigenvalue weighted by molar-refractivity contribution is 6.00. The van der Waals surface area contributed by atoms with E-state index in [4.69, 9.17) is 9.26 Å². The Balaban J connectivity index is 1.16. The first-order chi connectivity index (χ1) is 15.4. The van der Waals surface area contributed by atoms with Crippen molar-refractivity contribution in [2.75, 3.05) is 6.61 Å². The number of carbonyl (C=O) groups excluding carboxylic acids is 3. The van der Waals surface area contributed by atoms with Gasteiger partial charge in [0.05, 0.1) is 0 Å². The van der Waals surface area contributed by atoms with Crippen molar-refractivity contribution >= 4 is 17.9 Å². The molecule has 4 aliphatic rings. The molecule has 4 fully saturated rings. The number of nitrogens with zero attached hydrogens (tertiary/aromatic N) is 1. The van der Waals surface area contributed by atoms with Crippen molar-refractivity contribution in [3.05, 3.63) is 41.7 Å². The number of hydrogen-bond donors (Lipinski definition) is 2. The van der Waals surface area contributed by atoms with Gasteiger partial charge in [0.1, 0.15) is 17.0 Å². The fourth-order valence-corrected chi connectivity index (χ4v) is 6.31. The monoisotopic (exact) mass is 437 g/mol. The van der Waals surface area contributed by atoms with Crippen LogP contribution in [0.3, 0.4) is 0 Å². The van der Waals surface area contributed by atoms with Crippen LogP contribution in [0.4, 0.5) is 4.79 Å². The summed E-state index contributed by atoms with van der Waals surface area (Å²) in [5.41, 5.74) is 1.03. The number of imide groups is 1. The predicted octanol–water partition coefficient (Wildman–Crippen LogP) is 3.60. The summed E-state index contributed by atoms with van der Waals surface area (Å²) in [5.74, 6) is 0.959. The summed E-state index contributed by atoms with van der Waals surface area (Å²) in [4.78, 5) is 37.4. The lowest BCUT2D eigenvalue weighted by atomic mass is 9.53. The Bertz CT molecular complexity index is 1010. The van der Waals surface area contributed by atoms with E-state index in [1.54, 1.807) is 19.1 Å². The molecule has 2 aromatic rings. The van der Waals surface area contributed by atoms with Crippen LogP contribution in [0.15, 0.2) is 34.9 Å². The average molecular weight is 437 g/mol. The molecule has 8 heteroatoms. The van der Waals surface area contributed by atoms with E-state index in [1.807, 2.05) is 18.2 Å². The van der Waals surface area contributed by atoms with Crippen molar-refractivity contribution in [1.29, 1.82) is 0 Å². The second kappa shape index (κ2) is 8.07. The van der Waals surface area contributed by atoms with Crippen molar-refractivity contribution in [1.82, 2.24) is 15.8 Å². The molecule has 0 radical (unpaired) electrons. The predicted molar refractivity (Wildman–Crippen MR) is 115 cm³/mol. The molecule has 0 atom stereocenters. The highest BCUT2D eigenvalue weighted by atomic mass is 16.5. The molecule has 4 aliphatic carbocycles. The molecule has 1 heterocycles. The fourth-order valence-electron chi connectivity index (χ4n) is 6.31. The van der Waals surface area contributed by atoms with Gasteiger partial charge in [-0.3, -0.25) is 10.1 Å². The van der Waals surface area contributed by atoms with Crippen LogP contribution in [0.25, 0.3) is 11.3 Å². The normalized spacial score (nSPS) is 27.7. The quantitative estimate of drug-likeness (QED) is 0.692. The van der Waals surface area contributed by atoms with Crippen molar-refractivity contribution in [2.45, 2.75) is 51.0 Å². The molecule has 0 spiro atoms. The largest absolute Gasteiger partial charge is 0.452 e. The van der Waals surface area contributed by atoms with Crippen LogP contribution < -0.4 is 10.6 Å². The van der Waals surface area contributed by atoms with Crippen molar-refractivity contribution in [3.63, 3.8) is 0 Å². The molecule has 32 heavy (non-hydrogen) atoms. The number of urea groups is 1. The maximum absolute atomic E-state index is 12.6. The Labute approximate surface area is 186 Å². The van der Waals surface area contributed by atoms with Crippen LogP contribution in [0, 0.1) is 24.7 Å². The van der Waals surface area contributed by atoms with Crippen LogP contribution in [0.2, 0.25) is 0 Å². The lowest BCUT2D eigenvalue weighted by molar-refractivity contribution is -0.123. The summed E-state index contributed by atoms with van der Waals surface area (Å²) in [5, 5.41) is 9.33. The zero-order valence-corrected chi connectivity index (χ0v) is 18.1. The van der Waals surface area contributed by atoms with E-state index < -0.39 is 24.5 Å². The SMILES string of the molecule is Cc1onc(-c2ccccc2)c1C(=O)OCC(=O)NC(=O)NC12CC3CC(CC(C3)C1)C2. The fraction of sp³-hybridized carbons (Fsp3) is 0.500. The van der Waals surface area contributed by atoms with Gasteiger partial charge in [-0.25, -0.2) is 9.59 Å². The maximum atomic E-state index is 12.6. The number of nitrogens with one attached hydrogen (secondary N) is 2. The van der Waals surface area contributed by atoms with Gasteiger partial charge in [-0.2, -0.15) is 0 Å². The summed E-state index contributed by atoms with van der Waals surface area (Å²) in [6.07, 6.45) is 6.78. The Kier molecular flexibility index (Phi) is 5.23. The zero-order chi connectivity index (χ0) is 22.3. The Morgan fingerprint density at radius 3 is 2.31 bits per heavy atom. The van der Waals surface area contributed by atoms with Gasteiger partial charge in [-0.15, -0.1) is 0 Å². The molecule has 1 aromatic carbocycles. The van der Waals surface area contributed by atoms with Crippen LogP contribution in [0.5, 0.6) is 0 Å². The minimum Gasteiger partial charge on any atom is -0.452 e. The van der Waals surface area contributed by atoms with Crippen molar-refractivity contribution < 1.29 is 23.6 Å². The van der Waals surface area contributed by atoms with Crippen molar-refractivity contribution in [2.24, 2.45) is 17.8 Å². The summed E-state index contributed by atoms with van der Waals surface area (Å²) in [6.45, 7) is 1.04. The zero-order valence-electron chi connectivity index (χ0n) is 18.1. The Morgan fingerprint density at radius 1 is 1.06 bits per heavy atom. The van der Waals surface area contributed by atoms with Gasteiger partial charge < -0.3 is 14.6 Å². The third kappa shape index (κ3) is 4.01. The number of ether oxygens (including phenoxy) is 1. The van der Waals surface area contributed by atoms with E-state index in [9.17, 15) is 14.4 Å². The first kappa shape index (κ1) is 20.7. The van der Waals surface area contributed by atoms with E-state index in [0.717, 1.165) is 19.3 Å². The molecule has 0 aliphatic heterocycles. The van der Waals surface area contributed by atoms with Crippen LogP contribution in [-0.4, -0.2) is 35.2 Å². The highest BCUT2D eigenvalue weighted by Gasteiger charge is 2.51. The van der Waals surface area contributed by atoms with Gasteiger partial charge in [0.15, 0.2) is 6.61 Å². The first-order valence-corrected chi connectivity index (χ1v) is 11.2. The smallest absolute Gasteiger partial charge is 0.344 e. The third-order valence-electron chi connectivity index (χ3n) is 7.12. The van der Waals surface area contributed by atoms with Gasteiger partial charge in [-0.05, 0) is 63.2 Å². The number of amides is 3. The average Bonchev–Trinajstić information content (AvgIpc) is 3.12. The number of rotatable bonds is 5. The van der Waals surface area contributed by atoms with Gasteiger partial charge in [0, 0.05) is 11.1 Å². The van der Waals surface area contributed by atoms with Crippen molar-refractivity contribution in [3.8, 4) is 11.3 Å². The number of benzene rings is 1. The molecule has 0 unspecified atom stereocenters. The third-order valence-corrected chi connectivity index (χ3v) is 7.12. The number of hydrogen-bond acceptors (Lipinski definition) is 6. The summed E-state index contributed by atoms with van der Waals surface area (Å²) in [7, 11) is 0. The first-order valence-electron chi connectivity index (χ1n) is 11.2.